The van der Waals surface area contributed by atoms with E-state index in [0.29, 0.717) is 17.4 Å². The van der Waals surface area contributed by atoms with Crippen LogP contribution in [0.25, 0.3) is 11.0 Å². The van der Waals surface area contributed by atoms with Gasteiger partial charge in [-0.2, -0.15) is 5.26 Å². The summed E-state index contributed by atoms with van der Waals surface area (Å²) in [5, 5.41) is 18.3. The van der Waals surface area contributed by atoms with Crippen molar-refractivity contribution in [1.82, 2.24) is 19.4 Å². The van der Waals surface area contributed by atoms with Crippen molar-refractivity contribution in [2.75, 3.05) is 13.1 Å². The van der Waals surface area contributed by atoms with Gasteiger partial charge in [0, 0.05) is 29.8 Å². The number of aromatic carboxylic acids is 1. The summed E-state index contributed by atoms with van der Waals surface area (Å²) in [4.78, 5) is 23.6. The van der Waals surface area contributed by atoms with Gasteiger partial charge in [0.1, 0.15) is 18.2 Å². The van der Waals surface area contributed by atoms with Crippen LogP contribution in [0.5, 0.6) is 5.88 Å². The van der Waals surface area contributed by atoms with Crippen LogP contribution in [0, 0.1) is 17.1 Å². The van der Waals surface area contributed by atoms with Gasteiger partial charge in [-0.25, -0.2) is 19.2 Å². The van der Waals surface area contributed by atoms with Crippen molar-refractivity contribution in [3.05, 3.63) is 88.6 Å². The summed E-state index contributed by atoms with van der Waals surface area (Å²) in [5.74, 6) is 0.403. The van der Waals surface area contributed by atoms with Crippen molar-refractivity contribution >= 4 is 17.0 Å². The Morgan fingerprint density at radius 1 is 1.08 bits per heavy atom. The molecule has 8 nitrogen and oxygen atoms in total. The van der Waals surface area contributed by atoms with E-state index in [1.54, 1.807) is 30.3 Å². The number of benzene rings is 2. The van der Waals surface area contributed by atoms with Crippen LogP contribution < -0.4 is 4.74 Å². The summed E-state index contributed by atoms with van der Waals surface area (Å²) in [6.45, 7) is 2.73. The number of aryl methyl sites for hydroxylation is 1. The number of nitriles is 1. The molecule has 6 rings (SSSR count). The Balaban J connectivity index is 1.12. The molecule has 2 aromatic heterocycles. The van der Waals surface area contributed by atoms with E-state index in [9.17, 15) is 14.3 Å². The summed E-state index contributed by atoms with van der Waals surface area (Å²) in [6.07, 6.45) is 3.98. The van der Waals surface area contributed by atoms with E-state index in [-0.39, 0.29) is 23.8 Å². The maximum Gasteiger partial charge on any atom is 0.335 e. The van der Waals surface area contributed by atoms with Gasteiger partial charge in [0.2, 0.25) is 5.88 Å². The maximum absolute atomic E-state index is 14.2. The first kappa shape index (κ1) is 25.0. The number of halogens is 1. The fraction of sp³-hybridized carbons (Fsp3) is 0.333. The van der Waals surface area contributed by atoms with Gasteiger partial charge >= 0.3 is 5.97 Å². The normalized spacial score (nSPS) is 18.0. The Labute approximate surface area is 225 Å². The molecule has 0 saturated carbocycles. The predicted octanol–water partition coefficient (Wildman–Crippen LogP) is 5.43. The Morgan fingerprint density at radius 3 is 2.69 bits per heavy atom. The molecule has 2 aliphatic rings. The van der Waals surface area contributed by atoms with Gasteiger partial charge in [-0.1, -0.05) is 12.1 Å². The zero-order chi connectivity index (χ0) is 26.9. The number of rotatable bonds is 6. The molecule has 0 aliphatic carbocycles. The summed E-state index contributed by atoms with van der Waals surface area (Å²) >= 11 is 0. The fourth-order valence-electron chi connectivity index (χ4n) is 5.81. The van der Waals surface area contributed by atoms with Crippen LogP contribution >= 0.6 is 0 Å². The lowest BCUT2D eigenvalue weighted by Crippen LogP contribution is -2.39. The minimum Gasteiger partial charge on any atom is -0.478 e. The van der Waals surface area contributed by atoms with E-state index in [4.69, 9.17) is 20.0 Å². The molecule has 1 saturated heterocycles. The number of carboxylic acids is 1. The topological polar surface area (TPSA) is 104 Å². The van der Waals surface area contributed by atoms with Gasteiger partial charge in [-0.3, -0.25) is 4.90 Å². The Bertz CT molecular complexity index is 1590. The van der Waals surface area contributed by atoms with E-state index < -0.39 is 11.8 Å². The van der Waals surface area contributed by atoms with Crippen molar-refractivity contribution in [2.45, 2.75) is 50.8 Å². The number of likely N-dealkylation sites (tertiary alicyclic amines) is 1. The zero-order valence-electron chi connectivity index (χ0n) is 21.4. The van der Waals surface area contributed by atoms with Crippen molar-refractivity contribution in [3.63, 3.8) is 0 Å². The van der Waals surface area contributed by atoms with Crippen LogP contribution in [-0.4, -0.2) is 43.6 Å². The lowest BCUT2D eigenvalue weighted by molar-refractivity contribution is 0.0697. The van der Waals surface area contributed by atoms with Gasteiger partial charge < -0.3 is 14.4 Å². The first-order valence-electron chi connectivity index (χ1n) is 13.3. The molecular formula is C30H28FN5O3. The van der Waals surface area contributed by atoms with Crippen LogP contribution in [-0.2, 0) is 13.2 Å². The van der Waals surface area contributed by atoms with Crippen molar-refractivity contribution < 1.29 is 19.0 Å². The molecule has 9 heteroatoms. The zero-order valence-corrected chi connectivity index (χ0v) is 21.4. The summed E-state index contributed by atoms with van der Waals surface area (Å²) < 4.78 is 22.2. The third kappa shape index (κ3) is 4.95. The highest BCUT2D eigenvalue weighted by molar-refractivity contribution is 5.92. The van der Waals surface area contributed by atoms with Crippen LogP contribution in [0.1, 0.15) is 70.6 Å². The highest BCUT2D eigenvalue weighted by Crippen LogP contribution is 2.37. The molecule has 0 amide bonds. The third-order valence-electron chi connectivity index (χ3n) is 7.87. The van der Waals surface area contributed by atoms with Crippen molar-refractivity contribution in [3.8, 4) is 11.9 Å². The smallest absolute Gasteiger partial charge is 0.335 e. The van der Waals surface area contributed by atoms with Gasteiger partial charge in [0.15, 0.2) is 0 Å². The number of carbonyl (C=O) groups is 1. The quantitative estimate of drug-likeness (QED) is 0.358. The van der Waals surface area contributed by atoms with Crippen molar-refractivity contribution in [1.29, 1.82) is 5.26 Å². The maximum atomic E-state index is 14.2. The van der Waals surface area contributed by atoms with Gasteiger partial charge in [0.25, 0.3) is 0 Å². The Morgan fingerprint density at radius 2 is 1.92 bits per heavy atom. The first-order valence-corrected chi connectivity index (χ1v) is 13.3. The second kappa shape index (κ2) is 10.5. The van der Waals surface area contributed by atoms with E-state index in [1.165, 1.54) is 6.07 Å². The molecule has 1 atom stereocenters. The molecule has 0 spiro atoms. The minimum absolute atomic E-state index is 0.0447. The highest BCUT2D eigenvalue weighted by atomic mass is 19.1. The standard InChI is InChI=1S/C30H28FN5O3/c31-23-15-19(17-32)6-7-22(23)18-39-28-5-1-3-24(33-28)20-10-13-35(14-11-20)26-4-2-12-36-27-16-21(30(37)38)8-9-25(27)34-29(26)36/h1,3,5-9,15-16,20,26H,2,4,10-14,18H2,(H,37,38)/t26-/m0/s1. The van der Waals surface area contributed by atoms with E-state index in [2.05, 4.69) is 9.47 Å². The molecule has 4 heterocycles. The van der Waals surface area contributed by atoms with E-state index >= 15 is 0 Å². The average Bonchev–Trinajstić information content (AvgIpc) is 3.35. The molecule has 4 aromatic rings. The Kier molecular flexibility index (Phi) is 6.71. The minimum atomic E-state index is -0.925. The number of aromatic nitrogens is 3. The number of piperidine rings is 1. The summed E-state index contributed by atoms with van der Waals surface area (Å²) in [5.41, 5.74) is 3.66. The second-order valence-electron chi connectivity index (χ2n) is 10.2. The molecule has 198 valence electrons. The number of nitrogens with zero attached hydrogens (tertiary/aromatic N) is 5. The molecular weight excluding hydrogens is 497 g/mol. The number of imidazole rings is 1. The number of fused-ring (bicyclic) bond motifs is 3. The molecule has 39 heavy (non-hydrogen) atoms. The van der Waals surface area contributed by atoms with Crippen LogP contribution in [0.15, 0.2) is 54.6 Å². The Hall–Kier alpha value is -4.29. The van der Waals surface area contributed by atoms with Crippen molar-refractivity contribution in [2.24, 2.45) is 0 Å². The van der Waals surface area contributed by atoms with E-state index in [1.807, 2.05) is 24.3 Å². The number of hydrogen-bond donors (Lipinski definition) is 1. The van der Waals surface area contributed by atoms with Gasteiger partial charge in [-0.15, -0.1) is 0 Å². The lowest BCUT2D eigenvalue weighted by atomic mass is 9.91. The fourth-order valence-corrected chi connectivity index (χ4v) is 5.81. The monoisotopic (exact) mass is 525 g/mol. The number of pyridine rings is 1. The highest BCUT2D eigenvalue weighted by Gasteiger charge is 2.32. The average molecular weight is 526 g/mol. The molecule has 0 radical (unpaired) electrons. The van der Waals surface area contributed by atoms with Crippen LogP contribution in [0.3, 0.4) is 0 Å². The molecule has 2 aliphatic heterocycles. The summed E-state index contributed by atoms with van der Waals surface area (Å²) in [6, 6.07) is 17.4. The number of ether oxygens (including phenoxy) is 1. The number of carboxylic acid groups (broad SMARTS) is 1. The lowest BCUT2D eigenvalue weighted by Gasteiger charge is -2.39. The molecule has 0 unspecified atom stereocenters. The summed E-state index contributed by atoms with van der Waals surface area (Å²) in [7, 11) is 0. The first-order chi connectivity index (χ1) is 19.0. The van der Waals surface area contributed by atoms with Crippen LogP contribution in [0.2, 0.25) is 0 Å². The number of hydrogen-bond acceptors (Lipinski definition) is 6. The molecule has 1 N–H and O–H groups in total. The molecule has 0 bridgehead atoms. The second-order valence-corrected chi connectivity index (χ2v) is 10.2. The van der Waals surface area contributed by atoms with E-state index in [0.717, 1.165) is 67.9 Å². The molecule has 2 aromatic carbocycles. The largest absolute Gasteiger partial charge is 0.478 e. The van der Waals surface area contributed by atoms with Crippen LogP contribution in [0.4, 0.5) is 4.39 Å². The molecule has 1 fully saturated rings. The SMILES string of the molecule is N#Cc1ccc(COc2cccc(C3CCN([C@H]4CCCn5c4nc4ccc(C(=O)O)cc45)CC3)n2)c(F)c1. The predicted molar refractivity (Wildman–Crippen MR) is 142 cm³/mol. The van der Waals surface area contributed by atoms with Gasteiger partial charge in [-0.05, 0) is 75.2 Å². The van der Waals surface area contributed by atoms with Gasteiger partial charge in [0.05, 0.1) is 34.3 Å². The third-order valence-corrected chi connectivity index (χ3v) is 7.87.